The largest absolute Gasteiger partial charge is 0.236 e. The minimum atomic E-state index is 0.620. The Morgan fingerprint density at radius 3 is 2.07 bits per heavy atom. The molecule has 0 N–H and O–H groups in total. The van der Waals surface area contributed by atoms with E-state index in [-0.39, 0.29) is 0 Å². The van der Waals surface area contributed by atoms with Crippen LogP contribution in [0.1, 0.15) is 87.7 Å². The molecule has 4 nitrogen and oxygen atoms in total. The number of nitrogens with zero attached hydrogens (tertiary/aromatic N) is 4. The third-order valence-corrected chi connectivity index (χ3v) is 6.35. The Morgan fingerprint density at radius 1 is 0.800 bits per heavy atom. The molecule has 4 heteroatoms. The molecule has 0 unspecified atom stereocenters. The highest BCUT2D eigenvalue weighted by atomic mass is 14.9. The summed E-state index contributed by atoms with van der Waals surface area (Å²) in [5, 5.41) is 17.3. The van der Waals surface area contributed by atoms with Crippen LogP contribution in [0.3, 0.4) is 0 Å². The number of hydrogen-bond acceptors (Lipinski definition) is 4. The van der Waals surface area contributed by atoms with E-state index in [4.69, 9.17) is 10.5 Å². The van der Waals surface area contributed by atoms with Crippen molar-refractivity contribution in [1.82, 2.24) is 9.97 Å². The molecular weight excluding hydrogens is 368 g/mol. The Labute approximate surface area is 181 Å². The Balaban J connectivity index is 1.47. The van der Waals surface area contributed by atoms with Crippen LogP contribution in [0.15, 0.2) is 36.7 Å². The fourth-order valence-corrected chi connectivity index (χ4v) is 4.49. The van der Waals surface area contributed by atoms with Gasteiger partial charge in [0.25, 0.3) is 0 Å². The first-order valence-electron chi connectivity index (χ1n) is 11.5. The van der Waals surface area contributed by atoms with Crippen LogP contribution < -0.4 is 0 Å². The number of nitriles is 2. The second kappa shape index (κ2) is 12.1. The van der Waals surface area contributed by atoms with Gasteiger partial charge in [0.15, 0.2) is 5.82 Å². The monoisotopic (exact) mass is 400 g/mol. The van der Waals surface area contributed by atoms with Gasteiger partial charge in [-0.05, 0) is 74.3 Å². The summed E-state index contributed by atoms with van der Waals surface area (Å²) < 4.78 is 0. The summed E-state index contributed by atoms with van der Waals surface area (Å²) in [7, 11) is 0. The molecule has 0 amide bonds. The summed E-state index contributed by atoms with van der Waals surface area (Å²) in [5.74, 6) is 2.31. The van der Waals surface area contributed by atoms with Crippen molar-refractivity contribution in [2.75, 3.05) is 0 Å². The van der Waals surface area contributed by atoms with Crippen molar-refractivity contribution in [3.05, 3.63) is 47.8 Å². The molecule has 3 rings (SSSR count). The van der Waals surface area contributed by atoms with E-state index in [1.165, 1.54) is 44.1 Å². The molecule has 156 valence electrons. The SMILES string of the molecule is N#CCCCCc1cnc(-c2ccc([C@H]3CC[C@H](CCCCC#N)CC3)cc2)nc1. The molecule has 2 aromatic rings. The van der Waals surface area contributed by atoms with Gasteiger partial charge in [0, 0.05) is 30.8 Å². The molecule has 0 radical (unpaired) electrons. The van der Waals surface area contributed by atoms with Gasteiger partial charge < -0.3 is 0 Å². The lowest BCUT2D eigenvalue weighted by molar-refractivity contribution is 0.303. The maximum atomic E-state index is 8.65. The quantitative estimate of drug-likeness (QED) is 0.414. The van der Waals surface area contributed by atoms with Crippen molar-refractivity contribution in [3.8, 4) is 23.5 Å². The average molecular weight is 401 g/mol. The molecule has 1 aliphatic carbocycles. The van der Waals surface area contributed by atoms with Gasteiger partial charge in [-0.25, -0.2) is 9.97 Å². The van der Waals surface area contributed by atoms with Crippen LogP contribution in [-0.2, 0) is 6.42 Å². The lowest BCUT2D eigenvalue weighted by Gasteiger charge is -2.29. The average Bonchev–Trinajstić information content (AvgIpc) is 2.81. The van der Waals surface area contributed by atoms with E-state index in [1.54, 1.807) is 0 Å². The summed E-state index contributed by atoms with van der Waals surface area (Å²) in [6.07, 6.45) is 16.8. The molecule has 30 heavy (non-hydrogen) atoms. The second-order valence-electron chi connectivity index (χ2n) is 8.52. The molecule has 1 aromatic heterocycles. The molecule has 1 fully saturated rings. The number of aryl methyl sites for hydroxylation is 1. The molecule has 0 saturated heterocycles. The van der Waals surface area contributed by atoms with Gasteiger partial charge in [-0.15, -0.1) is 0 Å². The normalized spacial score (nSPS) is 18.5. The lowest BCUT2D eigenvalue weighted by atomic mass is 9.77. The third-order valence-electron chi connectivity index (χ3n) is 6.35. The van der Waals surface area contributed by atoms with E-state index in [1.807, 2.05) is 12.4 Å². The van der Waals surface area contributed by atoms with Crippen LogP contribution >= 0.6 is 0 Å². The van der Waals surface area contributed by atoms with Crippen molar-refractivity contribution in [1.29, 1.82) is 10.5 Å². The van der Waals surface area contributed by atoms with Crippen LogP contribution in [0.5, 0.6) is 0 Å². The first kappa shape index (κ1) is 22.0. The Bertz CT molecular complexity index is 835. The zero-order chi connectivity index (χ0) is 21.0. The summed E-state index contributed by atoms with van der Waals surface area (Å²) >= 11 is 0. The van der Waals surface area contributed by atoms with Crippen LogP contribution in [-0.4, -0.2) is 9.97 Å². The molecule has 1 saturated carbocycles. The first-order valence-corrected chi connectivity index (χ1v) is 11.5. The van der Waals surface area contributed by atoms with Crippen LogP contribution in [0, 0.1) is 28.6 Å². The molecule has 1 aliphatic rings. The lowest BCUT2D eigenvalue weighted by Crippen LogP contribution is -2.13. The fraction of sp³-hybridized carbons (Fsp3) is 0.538. The summed E-state index contributed by atoms with van der Waals surface area (Å²) in [4.78, 5) is 9.09. The fourth-order valence-electron chi connectivity index (χ4n) is 4.49. The standard InChI is InChI=1S/C26H32N4/c27-17-5-1-3-7-21-9-11-23(12-10-21)24-13-15-25(16-14-24)26-29-19-22(20-30-26)8-4-2-6-18-28/h13-16,19-21,23H,1-12H2/t21-,23-. The molecule has 0 spiro atoms. The topological polar surface area (TPSA) is 73.4 Å². The van der Waals surface area contributed by atoms with E-state index in [9.17, 15) is 0 Å². The first-order chi connectivity index (χ1) is 14.8. The van der Waals surface area contributed by atoms with E-state index >= 15 is 0 Å². The molecule has 0 aliphatic heterocycles. The van der Waals surface area contributed by atoms with E-state index < -0.39 is 0 Å². The second-order valence-corrected chi connectivity index (χ2v) is 8.52. The van der Waals surface area contributed by atoms with Gasteiger partial charge >= 0.3 is 0 Å². The van der Waals surface area contributed by atoms with Crippen molar-refractivity contribution in [2.24, 2.45) is 5.92 Å². The summed E-state index contributed by atoms with van der Waals surface area (Å²) in [6, 6.07) is 13.3. The molecular formula is C26H32N4. The number of hydrogen-bond donors (Lipinski definition) is 0. The molecule has 0 atom stereocenters. The maximum Gasteiger partial charge on any atom is 0.159 e. The zero-order valence-corrected chi connectivity index (χ0v) is 17.9. The van der Waals surface area contributed by atoms with Gasteiger partial charge in [0.2, 0.25) is 0 Å². The maximum absolute atomic E-state index is 8.65. The van der Waals surface area contributed by atoms with Crippen molar-refractivity contribution in [2.45, 2.75) is 83.0 Å². The zero-order valence-electron chi connectivity index (χ0n) is 17.9. The van der Waals surface area contributed by atoms with Crippen molar-refractivity contribution in [3.63, 3.8) is 0 Å². The van der Waals surface area contributed by atoms with Crippen LogP contribution in [0.25, 0.3) is 11.4 Å². The molecule has 1 aromatic carbocycles. The summed E-state index contributed by atoms with van der Waals surface area (Å²) in [6.45, 7) is 0. The van der Waals surface area contributed by atoms with Crippen molar-refractivity contribution >= 4 is 0 Å². The number of unbranched alkanes of at least 4 members (excludes halogenated alkanes) is 4. The van der Waals surface area contributed by atoms with E-state index in [0.717, 1.165) is 48.6 Å². The Hall–Kier alpha value is -2.72. The van der Waals surface area contributed by atoms with Gasteiger partial charge in [-0.1, -0.05) is 37.1 Å². The number of rotatable bonds is 10. The van der Waals surface area contributed by atoms with Gasteiger partial charge in [-0.2, -0.15) is 10.5 Å². The number of aromatic nitrogens is 2. The molecule has 0 bridgehead atoms. The minimum Gasteiger partial charge on any atom is -0.236 e. The van der Waals surface area contributed by atoms with Gasteiger partial charge in [0.05, 0.1) is 12.1 Å². The van der Waals surface area contributed by atoms with E-state index in [2.05, 4.69) is 46.4 Å². The molecule has 1 heterocycles. The predicted octanol–water partition coefficient (Wildman–Crippen LogP) is 6.74. The Kier molecular flexibility index (Phi) is 8.85. The van der Waals surface area contributed by atoms with E-state index in [0.29, 0.717) is 18.8 Å². The highest BCUT2D eigenvalue weighted by Crippen LogP contribution is 2.38. The van der Waals surface area contributed by atoms with Gasteiger partial charge in [-0.3, -0.25) is 0 Å². The van der Waals surface area contributed by atoms with Crippen molar-refractivity contribution < 1.29 is 0 Å². The summed E-state index contributed by atoms with van der Waals surface area (Å²) in [5.41, 5.74) is 3.65. The highest BCUT2D eigenvalue weighted by Gasteiger charge is 2.22. The third kappa shape index (κ3) is 6.67. The van der Waals surface area contributed by atoms with Gasteiger partial charge in [0.1, 0.15) is 0 Å². The number of benzene rings is 1. The predicted molar refractivity (Wildman–Crippen MR) is 119 cm³/mol. The van der Waals surface area contributed by atoms with Crippen LogP contribution in [0.2, 0.25) is 0 Å². The smallest absolute Gasteiger partial charge is 0.159 e. The highest BCUT2D eigenvalue weighted by molar-refractivity contribution is 5.55. The minimum absolute atomic E-state index is 0.620. The van der Waals surface area contributed by atoms with Crippen LogP contribution in [0.4, 0.5) is 0 Å². The Morgan fingerprint density at radius 2 is 1.43 bits per heavy atom.